The zero-order valence-corrected chi connectivity index (χ0v) is 17.9. The third-order valence-corrected chi connectivity index (χ3v) is 2.56. The second-order valence-electron chi connectivity index (χ2n) is 4.91. The smallest absolute Gasteiger partial charge is 0.550 e. The quantitative estimate of drug-likeness (QED) is 0.155. The molecule has 0 radical (unpaired) electrons. The Morgan fingerprint density at radius 2 is 0.821 bits per heavy atom. The number of hydrogen-bond donors (Lipinski definition) is 7. The zero-order valence-electron chi connectivity index (χ0n) is 14.8. The summed E-state index contributed by atoms with van der Waals surface area (Å²) in [6.07, 6.45) is -4.88. The molecular weight excluding hydrogens is 421 g/mol. The molecule has 0 aromatic carbocycles. The van der Waals surface area contributed by atoms with Crippen LogP contribution in [0.1, 0.15) is 25.7 Å². The van der Waals surface area contributed by atoms with Gasteiger partial charge in [-0.25, -0.2) is 9.59 Å². The van der Waals surface area contributed by atoms with E-state index in [-0.39, 0.29) is 57.5 Å². The summed E-state index contributed by atoms with van der Waals surface area (Å²) in [5.41, 5.74) is -5.60. The van der Waals surface area contributed by atoms with Gasteiger partial charge in [0.2, 0.25) is 0 Å². The van der Waals surface area contributed by atoms with E-state index in [0.717, 1.165) is 0 Å². The Morgan fingerprint density at radius 3 is 0.964 bits per heavy atom. The van der Waals surface area contributed by atoms with E-state index in [0.29, 0.717) is 0 Å². The Labute approximate surface area is 198 Å². The molecule has 0 spiro atoms. The monoisotopic (exact) mass is 439 g/mol. The minimum Gasteiger partial charge on any atom is -0.550 e. The molecule has 16 heteroatoms. The SMILES string of the molecule is O=C(O)CC(O)(CC(=O)O)C(=O)O.O=C([O-])CC(O)(CC(=O)[O-])C(=O)O.[K+].[NH4+]. The topological polar surface area (TPSA) is 306 Å². The molecule has 0 bridgehead atoms. The van der Waals surface area contributed by atoms with Crippen LogP contribution in [0.25, 0.3) is 0 Å². The number of carbonyl (C=O) groups is 6. The van der Waals surface area contributed by atoms with Crippen LogP contribution in [0.5, 0.6) is 0 Å². The van der Waals surface area contributed by atoms with Crippen molar-refractivity contribution in [1.82, 2.24) is 6.15 Å². The number of aliphatic hydroxyl groups is 2. The second kappa shape index (κ2) is 14.4. The van der Waals surface area contributed by atoms with Gasteiger partial charge in [-0.1, -0.05) is 0 Å². The molecule has 0 fully saturated rings. The maximum atomic E-state index is 10.3. The molecule has 0 aromatic heterocycles. The third kappa shape index (κ3) is 14.4. The van der Waals surface area contributed by atoms with Crippen LogP contribution in [0, 0.1) is 0 Å². The van der Waals surface area contributed by atoms with E-state index in [4.69, 9.17) is 30.6 Å². The van der Waals surface area contributed by atoms with Gasteiger partial charge in [-0.15, -0.1) is 0 Å². The number of rotatable bonds is 10. The van der Waals surface area contributed by atoms with Crippen LogP contribution in [-0.2, 0) is 28.8 Å². The number of aliphatic carboxylic acids is 6. The zero-order chi connectivity index (χ0) is 21.3. The van der Waals surface area contributed by atoms with Crippen LogP contribution in [0.3, 0.4) is 0 Å². The predicted molar refractivity (Wildman–Crippen MR) is 74.9 cm³/mol. The number of hydrogen-bond acceptors (Lipinski definition) is 10. The fourth-order valence-electron chi connectivity index (χ4n) is 1.41. The fourth-order valence-corrected chi connectivity index (χ4v) is 1.41. The van der Waals surface area contributed by atoms with Crippen LogP contribution in [0.4, 0.5) is 0 Å². The van der Waals surface area contributed by atoms with E-state index < -0.39 is 72.7 Å². The summed E-state index contributed by atoms with van der Waals surface area (Å²) < 4.78 is 0. The molecule has 0 saturated heterocycles. The average molecular weight is 439 g/mol. The molecule has 0 heterocycles. The van der Waals surface area contributed by atoms with Crippen molar-refractivity contribution in [2.45, 2.75) is 36.9 Å². The van der Waals surface area contributed by atoms with Crippen molar-refractivity contribution < 1.29 is 121 Å². The Bertz CT molecular complexity index is 519. The Morgan fingerprint density at radius 1 is 0.607 bits per heavy atom. The summed E-state index contributed by atoms with van der Waals surface area (Å²) in [5.74, 6) is -10.7. The largest absolute Gasteiger partial charge is 1.00 e. The van der Waals surface area contributed by atoms with Crippen LogP contribution in [0.2, 0.25) is 0 Å². The van der Waals surface area contributed by atoms with Crippen LogP contribution in [-0.4, -0.2) is 77.7 Å². The van der Waals surface area contributed by atoms with Crippen molar-refractivity contribution in [3.63, 3.8) is 0 Å². The molecule has 0 rings (SSSR count). The molecule has 0 unspecified atom stereocenters. The Hall–Kier alpha value is -1.66. The third-order valence-electron chi connectivity index (χ3n) is 2.56. The van der Waals surface area contributed by atoms with Gasteiger partial charge in [0.05, 0.1) is 12.8 Å². The standard InChI is InChI=1S/2C6H8O7.K.H3N/c2*7-3(8)1-6(13,5(11)12)2-4(9)10;;/h2*13H,1-2H2,(H,7,8)(H,9,10)(H,11,12);;1H3/q;;+1;/p-1. The molecule has 15 nitrogen and oxygen atoms in total. The van der Waals surface area contributed by atoms with E-state index in [2.05, 4.69) is 0 Å². The van der Waals surface area contributed by atoms with Gasteiger partial charge < -0.3 is 56.6 Å². The molecule has 28 heavy (non-hydrogen) atoms. The maximum Gasteiger partial charge on any atom is 1.00 e. The molecule has 0 aromatic rings. The second-order valence-corrected chi connectivity index (χ2v) is 4.91. The summed E-state index contributed by atoms with van der Waals surface area (Å²) in [6, 6.07) is 0. The van der Waals surface area contributed by atoms with Crippen molar-refractivity contribution in [2.24, 2.45) is 0 Å². The van der Waals surface area contributed by atoms with Crippen molar-refractivity contribution >= 4 is 35.8 Å². The molecule has 0 aliphatic carbocycles. The average Bonchev–Trinajstić information content (AvgIpc) is 2.34. The van der Waals surface area contributed by atoms with Crippen LogP contribution in [0.15, 0.2) is 0 Å². The maximum absolute atomic E-state index is 10.3. The molecule has 156 valence electrons. The first-order valence-electron chi connectivity index (χ1n) is 6.30. The van der Waals surface area contributed by atoms with Gasteiger partial charge in [0.15, 0.2) is 11.2 Å². The van der Waals surface area contributed by atoms with Gasteiger partial charge in [-0.3, -0.25) is 9.59 Å². The minimum atomic E-state index is -2.86. The van der Waals surface area contributed by atoms with Crippen LogP contribution >= 0.6 is 0 Å². The molecule has 0 saturated carbocycles. The summed E-state index contributed by atoms with van der Waals surface area (Å²) in [4.78, 5) is 60.7. The van der Waals surface area contributed by atoms with Crippen molar-refractivity contribution in [2.75, 3.05) is 0 Å². The Balaban J connectivity index is -0.000000192. The van der Waals surface area contributed by atoms with E-state index in [1.165, 1.54) is 0 Å². The van der Waals surface area contributed by atoms with Crippen molar-refractivity contribution in [3.8, 4) is 0 Å². The van der Waals surface area contributed by atoms with Gasteiger partial charge in [-0.2, -0.15) is 0 Å². The van der Waals surface area contributed by atoms with Gasteiger partial charge in [0, 0.05) is 24.8 Å². The van der Waals surface area contributed by atoms with E-state index in [1.807, 2.05) is 0 Å². The number of carboxylic acid groups (broad SMARTS) is 6. The fraction of sp³-hybridized carbons (Fsp3) is 0.500. The van der Waals surface area contributed by atoms with Gasteiger partial charge in [0.25, 0.3) is 0 Å². The molecule has 0 atom stereocenters. The summed E-state index contributed by atoms with van der Waals surface area (Å²) in [7, 11) is 0. The molecule has 0 aliphatic heterocycles. The Kier molecular flexibility index (Phi) is 17.4. The van der Waals surface area contributed by atoms with Gasteiger partial charge >= 0.3 is 75.3 Å². The molecule has 0 aliphatic rings. The minimum absolute atomic E-state index is 0. The van der Waals surface area contributed by atoms with Crippen molar-refractivity contribution in [1.29, 1.82) is 0 Å². The first-order valence-corrected chi connectivity index (χ1v) is 6.30. The van der Waals surface area contributed by atoms with E-state index in [9.17, 15) is 39.0 Å². The van der Waals surface area contributed by atoms with Crippen LogP contribution < -0.4 is 67.7 Å². The summed E-state index contributed by atoms with van der Waals surface area (Å²) >= 11 is 0. The number of carbonyl (C=O) groups excluding carboxylic acids is 2. The number of carboxylic acids is 6. The summed E-state index contributed by atoms with van der Waals surface area (Å²) in [6.45, 7) is 0. The van der Waals surface area contributed by atoms with E-state index >= 15 is 0 Å². The molecular formula is C12H18KNO14. The first kappa shape index (κ1) is 33.9. The predicted octanol–water partition coefficient (Wildman–Crippen LogP) is -7.79. The first-order chi connectivity index (χ1) is 11.6. The van der Waals surface area contributed by atoms with E-state index in [1.54, 1.807) is 0 Å². The normalized spacial score (nSPS) is 10.1. The summed E-state index contributed by atoms with van der Waals surface area (Å²) in [5, 5.41) is 71.0. The molecule has 10 N–H and O–H groups in total. The van der Waals surface area contributed by atoms with Gasteiger partial charge in [0.1, 0.15) is 0 Å². The molecule has 0 amide bonds. The number of quaternary nitrogens is 1. The van der Waals surface area contributed by atoms with Crippen molar-refractivity contribution in [3.05, 3.63) is 0 Å². The van der Waals surface area contributed by atoms with Gasteiger partial charge in [-0.05, 0) is 0 Å².